The van der Waals surface area contributed by atoms with Crippen LogP contribution in [-0.2, 0) is 17.7 Å². The minimum Gasteiger partial charge on any atom is -0.485 e. The molecule has 3 aromatic rings. The molecule has 3 aromatic carbocycles. The van der Waals surface area contributed by atoms with E-state index in [1.54, 1.807) is 0 Å². The van der Waals surface area contributed by atoms with Crippen LogP contribution in [0.2, 0.25) is 0 Å². The van der Waals surface area contributed by atoms with Gasteiger partial charge in [0.05, 0.1) is 6.61 Å². The number of ether oxygens (including phenoxy) is 2. The quantitative estimate of drug-likeness (QED) is 0.574. The zero-order chi connectivity index (χ0) is 21.0. The Morgan fingerprint density at radius 1 is 0.933 bits per heavy atom. The number of benzene rings is 3. The van der Waals surface area contributed by atoms with Crippen molar-refractivity contribution in [1.29, 1.82) is 0 Å². The fourth-order valence-electron chi connectivity index (χ4n) is 3.78. The SMILES string of the molecule is CC1(C)Oc2ccc(NCc3ccccc3)cc2[C@@H](OCCc2ccccc2)[C@@H]1O. The largest absolute Gasteiger partial charge is 0.485 e. The molecule has 4 nitrogen and oxygen atoms in total. The highest BCUT2D eigenvalue weighted by molar-refractivity contribution is 5.53. The van der Waals surface area contributed by atoms with Gasteiger partial charge in [-0.15, -0.1) is 0 Å². The minimum atomic E-state index is -0.759. The van der Waals surface area contributed by atoms with Crippen molar-refractivity contribution in [1.82, 2.24) is 0 Å². The molecule has 0 bridgehead atoms. The van der Waals surface area contributed by atoms with Gasteiger partial charge in [0.25, 0.3) is 0 Å². The molecule has 0 unspecified atom stereocenters. The second-order valence-corrected chi connectivity index (χ2v) is 8.27. The van der Waals surface area contributed by atoms with Crippen LogP contribution < -0.4 is 10.1 Å². The smallest absolute Gasteiger partial charge is 0.132 e. The van der Waals surface area contributed by atoms with Gasteiger partial charge in [0, 0.05) is 17.8 Å². The fraction of sp³-hybridized carbons (Fsp3) is 0.308. The van der Waals surface area contributed by atoms with E-state index in [2.05, 4.69) is 29.6 Å². The number of fused-ring (bicyclic) bond motifs is 1. The van der Waals surface area contributed by atoms with Gasteiger partial charge in [0.1, 0.15) is 23.6 Å². The Morgan fingerprint density at radius 3 is 2.30 bits per heavy atom. The number of anilines is 1. The van der Waals surface area contributed by atoms with Crippen molar-refractivity contribution in [2.75, 3.05) is 11.9 Å². The monoisotopic (exact) mass is 403 g/mol. The summed E-state index contributed by atoms with van der Waals surface area (Å²) in [7, 11) is 0. The van der Waals surface area contributed by atoms with E-state index in [1.165, 1.54) is 11.1 Å². The summed E-state index contributed by atoms with van der Waals surface area (Å²) in [5, 5.41) is 14.4. The van der Waals surface area contributed by atoms with Crippen molar-refractivity contribution in [2.45, 2.75) is 44.6 Å². The van der Waals surface area contributed by atoms with Crippen LogP contribution in [0.25, 0.3) is 0 Å². The van der Waals surface area contributed by atoms with Gasteiger partial charge in [-0.2, -0.15) is 0 Å². The molecule has 2 atom stereocenters. The third kappa shape index (κ3) is 4.66. The molecule has 1 aliphatic rings. The summed E-state index contributed by atoms with van der Waals surface area (Å²) >= 11 is 0. The van der Waals surface area contributed by atoms with E-state index < -0.39 is 17.8 Å². The molecular weight excluding hydrogens is 374 g/mol. The van der Waals surface area contributed by atoms with Crippen molar-refractivity contribution in [3.05, 3.63) is 95.6 Å². The number of hydrogen-bond donors (Lipinski definition) is 2. The van der Waals surface area contributed by atoms with Crippen molar-refractivity contribution in [3.63, 3.8) is 0 Å². The van der Waals surface area contributed by atoms with Crippen LogP contribution in [0.3, 0.4) is 0 Å². The molecule has 0 aliphatic carbocycles. The zero-order valence-electron chi connectivity index (χ0n) is 17.5. The van der Waals surface area contributed by atoms with Crippen LogP contribution >= 0.6 is 0 Å². The molecule has 0 saturated heterocycles. The molecule has 1 heterocycles. The van der Waals surface area contributed by atoms with Crippen LogP contribution in [-0.4, -0.2) is 23.4 Å². The molecule has 2 N–H and O–H groups in total. The molecule has 0 radical (unpaired) electrons. The topological polar surface area (TPSA) is 50.7 Å². The third-order valence-corrected chi connectivity index (χ3v) is 5.56. The molecule has 30 heavy (non-hydrogen) atoms. The van der Waals surface area contributed by atoms with E-state index in [0.29, 0.717) is 6.61 Å². The van der Waals surface area contributed by atoms with E-state index in [0.717, 1.165) is 30.0 Å². The van der Waals surface area contributed by atoms with Gasteiger partial charge < -0.3 is 19.9 Å². The average molecular weight is 404 g/mol. The molecule has 0 aromatic heterocycles. The van der Waals surface area contributed by atoms with Crippen LogP contribution in [0, 0.1) is 0 Å². The summed E-state index contributed by atoms with van der Waals surface area (Å²) in [6.07, 6.45) is -0.400. The molecule has 0 spiro atoms. The number of aliphatic hydroxyl groups excluding tert-OH is 1. The van der Waals surface area contributed by atoms with E-state index in [4.69, 9.17) is 9.47 Å². The number of hydrogen-bond acceptors (Lipinski definition) is 4. The molecule has 0 fully saturated rings. The molecule has 0 saturated carbocycles. The van der Waals surface area contributed by atoms with Crippen LogP contribution in [0.5, 0.6) is 5.75 Å². The standard InChI is InChI=1S/C26H29NO3/c1-26(2)25(28)24(29-16-15-19-9-5-3-6-10-19)22-17-21(13-14-23(22)30-26)27-18-20-11-7-4-8-12-20/h3-14,17,24-25,27-28H,15-16,18H2,1-2H3/t24-,25+/m1/s1. The maximum Gasteiger partial charge on any atom is 0.132 e. The predicted molar refractivity (Wildman–Crippen MR) is 120 cm³/mol. The Hall–Kier alpha value is -2.82. The van der Waals surface area contributed by atoms with Gasteiger partial charge in [0.15, 0.2) is 0 Å². The molecular formula is C26H29NO3. The average Bonchev–Trinajstić information content (AvgIpc) is 2.76. The van der Waals surface area contributed by atoms with Crippen LogP contribution in [0.15, 0.2) is 78.9 Å². The minimum absolute atomic E-state index is 0.439. The lowest BCUT2D eigenvalue weighted by molar-refractivity contribution is -0.134. The van der Waals surface area contributed by atoms with Gasteiger partial charge in [0.2, 0.25) is 0 Å². The normalized spacial score (nSPS) is 19.6. The molecule has 4 heteroatoms. The Balaban J connectivity index is 1.50. The van der Waals surface area contributed by atoms with Gasteiger partial charge in [-0.3, -0.25) is 0 Å². The highest BCUT2D eigenvalue weighted by Gasteiger charge is 2.43. The van der Waals surface area contributed by atoms with E-state index in [1.807, 2.05) is 68.4 Å². The fourth-order valence-corrected chi connectivity index (χ4v) is 3.78. The van der Waals surface area contributed by atoms with Crippen LogP contribution in [0.4, 0.5) is 5.69 Å². The maximum absolute atomic E-state index is 11.0. The van der Waals surface area contributed by atoms with E-state index in [9.17, 15) is 5.11 Å². The zero-order valence-corrected chi connectivity index (χ0v) is 17.5. The predicted octanol–water partition coefficient (Wildman–Crippen LogP) is 5.13. The summed E-state index contributed by atoms with van der Waals surface area (Å²) < 4.78 is 12.3. The van der Waals surface area contributed by atoms with Gasteiger partial charge in [-0.05, 0) is 49.6 Å². The molecule has 4 rings (SSSR count). The summed E-state index contributed by atoms with van der Waals surface area (Å²) in [5.74, 6) is 0.764. The van der Waals surface area contributed by atoms with Gasteiger partial charge >= 0.3 is 0 Å². The van der Waals surface area contributed by atoms with Crippen molar-refractivity contribution < 1.29 is 14.6 Å². The lowest BCUT2D eigenvalue weighted by Gasteiger charge is -2.42. The Morgan fingerprint density at radius 2 is 1.60 bits per heavy atom. The highest BCUT2D eigenvalue weighted by atomic mass is 16.5. The second kappa shape index (κ2) is 8.90. The molecule has 0 amide bonds. The third-order valence-electron chi connectivity index (χ3n) is 5.56. The Bertz CT molecular complexity index is 957. The van der Waals surface area contributed by atoms with Crippen LogP contribution in [0.1, 0.15) is 36.6 Å². The van der Waals surface area contributed by atoms with Gasteiger partial charge in [-0.1, -0.05) is 60.7 Å². The maximum atomic E-state index is 11.0. The van der Waals surface area contributed by atoms with Gasteiger partial charge in [-0.25, -0.2) is 0 Å². The molecule has 1 aliphatic heterocycles. The second-order valence-electron chi connectivity index (χ2n) is 8.27. The number of rotatable bonds is 7. The summed E-state index contributed by atoms with van der Waals surface area (Å²) in [6, 6.07) is 26.5. The van der Waals surface area contributed by atoms with Crippen molar-refractivity contribution in [2.24, 2.45) is 0 Å². The lowest BCUT2D eigenvalue weighted by Crippen LogP contribution is -2.49. The summed E-state index contributed by atoms with van der Waals surface area (Å²) in [4.78, 5) is 0. The lowest BCUT2D eigenvalue weighted by atomic mass is 9.88. The molecule has 156 valence electrons. The van der Waals surface area contributed by atoms with E-state index >= 15 is 0 Å². The van der Waals surface area contributed by atoms with E-state index in [-0.39, 0.29) is 0 Å². The van der Waals surface area contributed by atoms with Crippen molar-refractivity contribution in [3.8, 4) is 5.75 Å². The Kier molecular flexibility index (Phi) is 6.07. The first-order valence-corrected chi connectivity index (χ1v) is 10.5. The summed E-state index contributed by atoms with van der Waals surface area (Å²) in [5.41, 5.74) is 3.57. The van der Waals surface area contributed by atoms with Crippen molar-refractivity contribution >= 4 is 5.69 Å². The highest BCUT2D eigenvalue weighted by Crippen LogP contribution is 2.43. The number of aliphatic hydroxyl groups is 1. The first-order chi connectivity index (χ1) is 14.5. The first-order valence-electron chi connectivity index (χ1n) is 10.5. The Labute approximate surface area is 178 Å². The number of nitrogens with one attached hydrogen (secondary N) is 1. The summed E-state index contributed by atoms with van der Waals surface area (Å²) in [6.45, 7) is 5.06. The first kappa shape index (κ1) is 20.5.